The van der Waals surface area contributed by atoms with Crippen LogP contribution in [0.25, 0.3) is 0 Å². The van der Waals surface area contributed by atoms with E-state index in [1.165, 1.54) is 0 Å². The van der Waals surface area contributed by atoms with Gasteiger partial charge in [0.25, 0.3) is 0 Å². The average Bonchev–Trinajstić information content (AvgIpc) is 2.57. The van der Waals surface area contributed by atoms with Gasteiger partial charge in [-0.25, -0.2) is 0 Å². The van der Waals surface area contributed by atoms with E-state index in [4.69, 9.17) is 0 Å². The molecular weight excluding hydrogens is 280 g/mol. The molecule has 0 spiro atoms. The molecule has 1 fully saturated rings. The van der Waals surface area contributed by atoms with Gasteiger partial charge in [0.2, 0.25) is 5.91 Å². The zero-order chi connectivity index (χ0) is 12.1. The normalized spacial score (nSPS) is 16.6. The summed E-state index contributed by atoms with van der Waals surface area (Å²) in [6.07, 6.45) is 1.55. The lowest BCUT2D eigenvalue weighted by molar-refractivity contribution is -0.130. The van der Waals surface area contributed by atoms with Gasteiger partial charge < -0.3 is 10.2 Å². The van der Waals surface area contributed by atoms with Crippen molar-refractivity contribution >= 4 is 21.8 Å². The standard InChI is InChI=1S/C13H17BrN2O/c14-12-4-1-3-11(9-12)10-13(17)16-7-2-5-15-6-8-16/h1,3-4,9,15H,2,5-8,10H2. The Balaban J connectivity index is 1.95. The molecule has 92 valence electrons. The molecule has 0 unspecified atom stereocenters. The molecule has 1 aromatic rings. The van der Waals surface area contributed by atoms with Crippen molar-refractivity contribution in [3.63, 3.8) is 0 Å². The van der Waals surface area contributed by atoms with Crippen LogP contribution in [0, 0.1) is 0 Å². The molecule has 3 nitrogen and oxygen atoms in total. The summed E-state index contributed by atoms with van der Waals surface area (Å²) in [6, 6.07) is 7.95. The molecular formula is C13H17BrN2O. The highest BCUT2D eigenvalue weighted by molar-refractivity contribution is 9.10. The molecule has 0 aliphatic carbocycles. The van der Waals surface area contributed by atoms with Gasteiger partial charge >= 0.3 is 0 Å². The van der Waals surface area contributed by atoms with Gasteiger partial charge in [0, 0.05) is 24.1 Å². The Morgan fingerprint density at radius 2 is 2.24 bits per heavy atom. The number of nitrogens with zero attached hydrogens (tertiary/aromatic N) is 1. The lowest BCUT2D eigenvalue weighted by atomic mass is 10.1. The zero-order valence-electron chi connectivity index (χ0n) is 9.79. The number of carbonyl (C=O) groups is 1. The number of hydrogen-bond acceptors (Lipinski definition) is 2. The summed E-state index contributed by atoms with van der Waals surface area (Å²) >= 11 is 3.43. The molecule has 0 radical (unpaired) electrons. The molecule has 0 bridgehead atoms. The van der Waals surface area contributed by atoms with Crippen LogP contribution in [-0.4, -0.2) is 37.0 Å². The number of nitrogens with one attached hydrogen (secondary N) is 1. The van der Waals surface area contributed by atoms with Crippen LogP contribution in [0.1, 0.15) is 12.0 Å². The first-order valence-corrected chi connectivity index (χ1v) is 6.78. The molecule has 1 saturated heterocycles. The van der Waals surface area contributed by atoms with E-state index in [9.17, 15) is 4.79 Å². The van der Waals surface area contributed by atoms with Crippen molar-refractivity contribution in [2.45, 2.75) is 12.8 Å². The summed E-state index contributed by atoms with van der Waals surface area (Å²) in [6.45, 7) is 3.62. The lowest BCUT2D eigenvalue weighted by Crippen LogP contribution is -2.35. The number of halogens is 1. The van der Waals surface area contributed by atoms with Gasteiger partial charge in [-0.05, 0) is 30.7 Å². The summed E-state index contributed by atoms with van der Waals surface area (Å²) < 4.78 is 1.03. The highest BCUT2D eigenvalue weighted by atomic mass is 79.9. The Morgan fingerprint density at radius 1 is 1.35 bits per heavy atom. The van der Waals surface area contributed by atoms with E-state index in [2.05, 4.69) is 21.2 Å². The fourth-order valence-electron chi connectivity index (χ4n) is 2.03. The first kappa shape index (κ1) is 12.6. The van der Waals surface area contributed by atoms with Gasteiger partial charge in [-0.1, -0.05) is 28.1 Å². The third kappa shape index (κ3) is 3.82. The highest BCUT2D eigenvalue weighted by Gasteiger charge is 2.15. The fourth-order valence-corrected chi connectivity index (χ4v) is 2.48. The second kappa shape index (κ2) is 6.17. The highest BCUT2D eigenvalue weighted by Crippen LogP contribution is 2.13. The molecule has 0 atom stereocenters. The maximum Gasteiger partial charge on any atom is 0.227 e. The Hall–Kier alpha value is -0.870. The zero-order valence-corrected chi connectivity index (χ0v) is 11.4. The van der Waals surface area contributed by atoms with Crippen LogP contribution in [0.2, 0.25) is 0 Å². The van der Waals surface area contributed by atoms with Crippen LogP contribution in [0.15, 0.2) is 28.7 Å². The Labute approximate surface area is 110 Å². The van der Waals surface area contributed by atoms with Gasteiger partial charge in [0.1, 0.15) is 0 Å². The molecule has 1 aliphatic rings. The molecule has 1 aliphatic heterocycles. The first-order chi connectivity index (χ1) is 8.25. The second-order valence-corrected chi connectivity index (χ2v) is 5.21. The number of benzene rings is 1. The van der Waals surface area contributed by atoms with Gasteiger partial charge in [0.05, 0.1) is 6.42 Å². The van der Waals surface area contributed by atoms with E-state index in [0.29, 0.717) is 6.42 Å². The van der Waals surface area contributed by atoms with Crippen LogP contribution in [0.4, 0.5) is 0 Å². The summed E-state index contributed by atoms with van der Waals surface area (Å²) in [5.74, 6) is 0.229. The maximum absolute atomic E-state index is 12.1. The molecule has 17 heavy (non-hydrogen) atoms. The van der Waals surface area contributed by atoms with Crippen molar-refractivity contribution < 1.29 is 4.79 Å². The van der Waals surface area contributed by atoms with Crippen LogP contribution < -0.4 is 5.32 Å². The minimum Gasteiger partial charge on any atom is -0.341 e. The van der Waals surface area contributed by atoms with Gasteiger partial charge in [-0.3, -0.25) is 4.79 Å². The third-order valence-electron chi connectivity index (χ3n) is 2.94. The van der Waals surface area contributed by atoms with E-state index in [-0.39, 0.29) is 5.91 Å². The van der Waals surface area contributed by atoms with Gasteiger partial charge in [0.15, 0.2) is 0 Å². The van der Waals surface area contributed by atoms with Crippen LogP contribution in [0.5, 0.6) is 0 Å². The average molecular weight is 297 g/mol. The largest absolute Gasteiger partial charge is 0.341 e. The Kier molecular flexibility index (Phi) is 4.57. The number of carbonyl (C=O) groups excluding carboxylic acids is 1. The van der Waals surface area contributed by atoms with Gasteiger partial charge in [-0.15, -0.1) is 0 Å². The Morgan fingerprint density at radius 3 is 3.06 bits per heavy atom. The smallest absolute Gasteiger partial charge is 0.227 e. The molecule has 0 saturated carbocycles. The number of rotatable bonds is 2. The van der Waals surface area contributed by atoms with Crippen molar-refractivity contribution in [3.8, 4) is 0 Å². The predicted octanol–water partition coefficient (Wildman–Crippen LogP) is 1.81. The molecule has 4 heteroatoms. The third-order valence-corrected chi connectivity index (χ3v) is 3.43. The van der Waals surface area contributed by atoms with E-state index < -0.39 is 0 Å². The second-order valence-electron chi connectivity index (χ2n) is 4.29. The maximum atomic E-state index is 12.1. The van der Waals surface area contributed by atoms with Crippen molar-refractivity contribution in [1.29, 1.82) is 0 Å². The fraction of sp³-hybridized carbons (Fsp3) is 0.462. The first-order valence-electron chi connectivity index (χ1n) is 5.98. The molecule has 1 heterocycles. The summed E-state index contributed by atoms with van der Waals surface area (Å²) in [7, 11) is 0. The molecule has 0 aromatic heterocycles. The summed E-state index contributed by atoms with van der Waals surface area (Å²) in [4.78, 5) is 14.1. The molecule has 1 aromatic carbocycles. The van der Waals surface area contributed by atoms with Crippen molar-refractivity contribution in [2.24, 2.45) is 0 Å². The Bertz CT molecular complexity index is 387. The van der Waals surface area contributed by atoms with Gasteiger partial charge in [-0.2, -0.15) is 0 Å². The van der Waals surface area contributed by atoms with Crippen LogP contribution in [-0.2, 0) is 11.2 Å². The predicted molar refractivity (Wildman–Crippen MR) is 71.9 cm³/mol. The number of amides is 1. The SMILES string of the molecule is O=C(Cc1cccc(Br)c1)N1CCCNCC1. The minimum atomic E-state index is 0.229. The van der Waals surface area contributed by atoms with Crippen molar-refractivity contribution in [3.05, 3.63) is 34.3 Å². The monoisotopic (exact) mass is 296 g/mol. The summed E-state index contributed by atoms with van der Waals surface area (Å²) in [5.41, 5.74) is 1.07. The number of hydrogen-bond donors (Lipinski definition) is 1. The van der Waals surface area contributed by atoms with E-state index in [0.717, 1.165) is 42.6 Å². The summed E-state index contributed by atoms with van der Waals surface area (Å²) in [5, 5.41) is 3.30. The molecule has 1 N–H and O–H groups in total. The van der Waals surface area contributed by atoms with Crippen molar-refractivity contribution in [1.82, 2.24) is 10.2 Å². The lowest BCUT2D eigenvalue weighted by Gasteiger charge is -2.19. The minimum absolute atomic E-state index is 0.229. The topological polar surface area (TPSA) is 32.3 Å². The quantitative estimate of drug-likeness (QED) is 0.903. The molecule has 1 amide bonds. The van der Waals surface area contributed by atoms with E-state index in [1.54, 1.807) is 0 Å². The van der Waals surface area contributed by atoms with E-state index in [1.807, 2.05) is 29.2 Å². The van der Waals surface area contributed by atoms with E-state index >= 15 is 0 Å². The van der Waals surface area contributed by atoms with Crippen LogP contribution >= 0.6 is 15.9 Å². The van der Waals surface area contributed by atoms with Crippen LogP contribution in [0.3, 0.4) is 0 Å². The van der Waals surface area contributed by atoms with Crippen molar-refractivity contribution in [2.75, 3.05) is 26.2 Å². The molecule has 2 rings (SSSR count).